The summed E-state index contributed by atoms with van der Waals surface area (Å²) in [5.41, 5.74) is 7.58. The zero-order chi connectivity index (χ0) is 19.1. The van der Waals surface area contributed by atoms with Gasteiger partial charge in [-0.25, -0.2) is 0 Å². The molecule has 2 aliphatic carbocycles. The number of rotatable bonds is 4. The van der Waals surface area contributed by atoms with Crippen molar-refractivity contribution in [3.8, 4) is 0 Å². The smallest absolute Gasteiger partial charge is 0.108 e. The van der Waals surface area contributed by atoms with Crippen LogP contribution in [0.3, 0.4) is 0 Å². The van der Waals surface area contributed by atoms with Crippen LogP contribution in [0, 0.1) is 0 Å². The van der Waals surface area contributed by atoms with E-state index in [0.717, 1.165) is 11.5 Å². The van der Waals surface area contributed by atoms with Crippen LogP contribution in [-0.4, -0.2) is 14.2 Å². The summed E-state index contributed by atoms with van der Waals surface area (Å²) in [4.78, 5) is 0. The Bertz CT molecular complexity index is 1020. The van der Waals surface area contributed by atoms with Crippen molar-refractivity contribution >= 4 is 12.2 Å². The number of allylic oxidation sites excluding steroid dienone is 2. The third kappa shape index (κ3) is 2.49. The molecule has 0 N–H and O–H groups in total. The van der Waals surface area contributed by atoms with Crippen molar-refractivity contribution in [1.82, 2.24) is 0 Å². The molecule has 0 aromatic heterocycles. The van der Waals surface area contributed by atoms with Crippen LogP contribution in [0.2, 0.25) is 0 Å². The molecule has 2 heteroatoms. The predicted octanol–water partition coefficient (Wildman–Crippen LogP) is 5.95. The van der Waals surface area contributed by atoms with E-state index >= 15 is 0 Å². The lowest BCUT2D eigenvalue weighted by atomic mass is 9.82. The number of methoxy groups -OCH3 is 2. The van der Waals surface area contributed by atoms with Crippen LogP contribution in [0.15, 0.2) is 84.3 Å². The molecule has 28 heavy (non-hydrogen) atoms. The monoisotopic (exact) mass is 366 g/mol. The van der Waals surface area contributed by atoms with E-state index < -0.39 is 0 Å². The maximum Gasteiger partial charge on any atom is 0.108 e. The van der Waals surface area contributed by atoms with Gasteiger partial charge in [0.1, 0.15) is 11.5 Å². The van der Waals surface area contributed by atoms with Crippen molar-refractivity contribution < 1.29 is 9.47 Å². The average Bonchev–Trinajstić information content (AvgIpc) is 3.31. The fourth-order valence-corrected chi connectivity index (χ4v) is 4.62. The molecule has 2 unspecified atom stereocenters. The van der Waals surface area contributed by atoms with E-state index in [0.29, 0.717) is 0 Å². The number of ether oxygens (including phenoxy) is 2. The molecule has 0 amide bonds. The minimum atomic E-state index is 0.100. The molecule has 5 rings (SSSR count). The quantitative estimate of drug-likeness (QED) is 0.568. The van der Waals surface area contributed by atoms with Crippen molar-refractivity contribution in [3.05, 3.63) is 118 Å². The van der Waals surface area contributed by atoms with Crippen molar-refractivity contribution in [3.63, 3.8) is 0 Å². The Labute approximate surface area is 165 Å². The molecule has 0 fully saturated rings. The van der Waals surface area contributed by atoms with Gasteiger partial charge in [0.25, 0.3) is 0 Å². The first-order valence-electron chi connectivity index (χ1n) is 9.59. The summed E-state index contributed by atoms with van der Waals surface area (Å²) in [5.74, 6) is 2.18. The lowest BCUT2D eigenvalue weighted by Gasteiger charge is -2.24. The van der Waals surface area contributed by atoms with Crippen LogP contribution in [0.1, 0.15) is 45.2 Å². The zero-order valence-electron chi connectivity index (χ0n) is 16.1. The Morgan fingerprint density at radius 2 is 0.857 bits per heavy atom. The van der Waals surface area contributed by atoms with Gasteiger partial charge in [0.05, 0.1) is 26.1 Å². The van der Waals surface area contributed by atoms with Crippen LogP contribution in [-0.2, 0) is 9.47 Å². The van der Waals surface area contributed by atoms with Gasteiger partial charge in [0.15, 0.2) is 0 Å². The Morgan fingerprint density at radius 3 is 1.25 bits per heavy atom. The highest BCUT2D eigenvalue weighted by atomic mass is 16.5. The first-order chi connectivity index (χ1) is 13.8. The van der Waals surface area contributed by atoms with Gasteiger partial charge in [-0.1, -0.05) is 72.8 Å². The molecule has 3 aromatic rings. The molecular formula is C26H22O2. The van der Waals surface area contributed by atoms with Gasteiger partial charge < -0.3 is 9.47 Å². The highest BCUT2D eigenvalue weighted by Crippen LogP contribution is 2.48. The minimum absolute atomic E-state index is 0.100. The molecular weight excluding hydrogens is 344 g/mol. The first-order valence-corrected chi connectivity index (χ1v) is 9.59. The zero-order valence-corrected chi connectivity index (χ0v) is 16.1. The molecule has 2 nitrogen and oxygen atoms in total. The summed E-state index contributed by atoms with van der Waals surface area (Å²) in [6.45, 7) is 0. The van der Waals surface area contributed by atoms with Crippen LogP contribution in [0.25, 0.3) is 12.2 Å². The lowest BCUT2D eigenvalue weighted by Crippen LogP contribution is -2.11. The van der Waals surface area contributed by atoms with Crippen molar-refractivity contribution in [2.24, 2.45) is 0 Å². The maximum atomic E-state index is 5.82. The van der Waals surface area contributed by atoms with E-state index in [2.05, 4.69) is 84.9 Å². The second-order valence-electron chi connectivity index (χ2n) is 7.25. The fourth-order valence-electron chi connectivity index (χ4n) is 4.62. The molecule has 2 atom stereocenters. The Hall–Kier alpha value is -3.26. The van der Waals surface area contributed by atoms with Gasteiger partial charge in [-0.2, -0.15) is 0 Å². The van der Waals surface area contributed by atoms with Crippen molar-refractivity contribution in [2.45, 2.75) is 11.8 Å². The number of fused-ring (bicyclic) bond motifs is 2. The fraction of sp³-hybridized carbons (Fsp3) is 0.154. The highest BCUT2D eigenvalue weighted by Gasteiger charge is 2.34. The van der Waals surface area contributed by atoms with E-state index in [1.54, 1.807) is 14.2 Å². The van der Waals surface area contributed by atoms with E-state index in [4.69, 9.17) is 9.47 Å². The van der Waals surface area contributed by atoms with Gasteiger partial charge in [0.2, 0.25) is 0 Å². The summed E-state index contributed by atoms with van der Waals surface area (Å²) < 4.78 is 11.6. The molecule has 0 aliphatic heterocycles. The summed E-state index contributed by atoms with van der Waals surface area (Å²) in [6, 6.07) is 25.8. The molecule has 138 valence electrons. The molecule has 0 bridgehead atoms. The van der Waals surface area contributed by atoms with E-state index in [9.17, 15) is 0 Å². The predicted molar refractivity (Wildman–Crippen MR) is 113 cm³/mol. The Morgan fingerprint density at radius 1 is 0.500 bits per heavy atom. The lowest BCUT2D eigenvalue weighted by molar-refractivity contribution is 0.275. The van der Waals surface area contributed by atoms with Crippen LogP contribution < -0.4 is 0 Å². The SMILES string of the molecule is COC1=Cc2ccccc2C1c1ccccc1C1C(OC)=Cc2ccccc21. The Kier molecular flexibility index (Phi) is 4.05. The molecule has 0 saturated carbocycles. The molecule has 0 heterocycles. The van der Waals surface area contributed by atoms with E-state index in [1.807, 2.05) is 0 Å². The molecule has 0 radical (unpaired) electrons. The number of hydrogen-bond acceptors (Lipinski definition) is 2. The minimum Gasteiger partial charge on any atom is -0.500 e. The van der Waals surface area contributed by atoms with Crippen LogP contribution in [0.5, 0.6) is 0 Å². The third-order valence-corrected chi connectivity index (χ3v) is 5.87. The topological polar surface area (TPSA) is 18.5 Å². The summed E-state index contributed by atoms with van der Waals surface area (Å²) in [7, 11) is 3.53. The van der Waals surface area contributed by atoms with Gasteiger partial charge in [-0.15, -0.1) is 0 Å². The average molecular weight is 366 g/mol. The standard InChI is InChI=1S/C26H22O2/c1-27-23-15-17-9-3-5-11-19(17)25(23)21-13-7-8-14-22(21)26-20-12-6-4-10-18(20)16-24(26)28-2/h3-16,25-26H,1-2H3. The van der Waals surface area contributed by atoms with Crippen molar-refractivity contribution in [1.29, 1.82) is 0 Å². The van der Waals surface area contributed by atoms with Crippen molar-refractivity contribution in [2.75, 3.05) is 14.2 Å². The van der Waals surface area contributed by atoms with E-state index in [1.165, 1.54) is 33.4 Å². The molecule has 0 spiro atoms. The molecule has 0 saturated heterocycles. The molecule has 2 aliphatic rings. The van der Waals surface area contributed by atoms with Gasteiger partial charge >= 0.3 is 0 Å². The van der Waals surface area contributed by atoms with Gasteiger partial charge in [-0.3, -0.25) is 0 Å². The van der Waals surface area contributed by atoms with E-state index in [-0.39, 0.29) is 11.8 Å². The second kappa shape index (κ2) is 6.72. The first kappa shape index (κ1) is 16.9. The highest BCUT2D eigenvalue weighted by molar-refractivity contribution is 5.71. The summed E-state index contributed by atoms with van der Waals surface area (Å²) >= 11 is 0. The third-order valence-electron chi connectivity index (χ3n) is 5.87. The molecule has 3 aromatic carbocycles. The second-order valence-corrected chi connectivity index (χ2v) is 7.25. The maximum absolute atomic E-state index is 5.82. The normalized spacial score (nSPS) is 19.5. The largest absolute Gasteiger partial charge is 0.500 e. The van der Waals surface area contributed by atoms with Crippen LogP contribution in [0.4, 0.5) is 0 Å². The van der Waals surface area contributed by atoms with Gasteiger partial charge in [0, 0.05) is 0 Å². The summed E-state index contributed by atoms with van der Waals surface area (Å²) in [5, 5.41) is 0. The summed E-state index contributed by atoms with van der Waals surface area (Å²) in [6.07, 6.45) is 4.32. The number of hydrogen-bond donors (Lipinski definition) is 0. The number of benzene rings is 3. The Balaban J connectivity index is 1.70. The van der Waals surface area contributed by atoms with Gasteiger partial charge in [-0.05, 0) is 45.5 Å². The van der Waals surface area contributed by atoms with Crippen LogP contribution >= 0.6 is 0 Å².